The van der Waals surface area contributed by atoms with Gasteiger partial charge in [-0.05, 0) is 13.8 Å². The van der Waals surface area contributed by atoms with Gasteiger partial charge in [-0.15, -0.1) is 11.3 Å². The van der Waals surface area contributed by atoms with E-state index >= 15 is 0 Å². The Hall–Kier alpha value is -0.940. The minimum absolute atomic E-state index is 0.0487. The Labute approximate surface area is 87.5 Å². The fourth-order valence-electron chi connectivity index (χ4n) is 0.886. The number of nitrogens with one attached hydrogen (secondary N) is 1. The van der Waals surface area contributed by atoms with E-state index in [4.69, 9.17) is 5.73 Å². The van der Waals surface area contributed by atoms with Gasteiger partial charge >= 0.3 is 0 Å². The average Bonchev–Trinajstić information content (AvgIpc) is 2.50. The summed E-state index contributed by atoms with van der Waals surface area (Å²) in [4.78, 5) is 15.6. The van der Waals surface area contributed by atoms with Gasteiger partial charge in [0, 0.05) is 6.04 Å². The van der Waals surface area contributed by atoms with E-state index in [2.05, 4.69) is 10.3 Å². The molecular weight excluding hydrogens is 198 g/mol. The van der Waals surface area contributed by atoms with E-state index in [-0.39, 0.29) is 17.9 Å². The molecule has 1 aromatic rings. The fourth-order valence-corrected chi connectivity index (χ4v) is 1.59. The summed E-state index contributed by atoms with van der Waals surface area (Å²) in [5, 5.41) is 3.62. The first-order valence-electron chi connectivity index (χ1n) is 4.49. The third-order valence-corrected chi connectivity index (χ3v) is 3.03. The van der Waals surface area contributed by atoms with Crippen molar-refractivity contribution in [3.63, 3.8) is 0 Å². The predicted octanol–water partition coefficient (Wildman–Crippen LogP) is 1.37. The van der Waals surface area contributed by atoms with Crippen molar-refractivity contribution in [3.05, 3.63) is 11.2 Å². The Balaban J connectivity index is 2.62. The summed E-state index contributed by atoms with van der Waals surface area (Å²) in [7, 11) is 0. The molecule has 0 aliphatic rings. The van der Waals surface area contributed by atoms with Crippen LogP contribution in [0.1, 0.15) is 19.5 Å². The van der Waals surface area contributed by atoms with Crippen LogP contribution in [0.5, 0.6) is 0 Å². The summed E-state index contributed by atoms with van der Waals surface area (Å²) in [5.41, 5.74) is 8.19. The number of aryl methyl sites for hydroxylation is 1. The van der Waals surface area contributed by atoms with Crippen molar-refractivity contribution in [2.75, 3.05) is 5.32 Å². The molecule has 1 amide bonds. The van der Waals surface area contributed by atoms with Gasteiger partial charge < -0.3 is 11.1 Å². The first-order valence-corrected chi connectivity index (χ1v) is 5.37. The van der Waals surface area contributed by atoms with Crippen molar-refractivity contribution in [3.8, 4) is 0 Å². The number of aromatic nitrogens is 1. The van der Waals surface area contributed by atoms with Crippen molar-refractivity contribution in [2.24, 2.45) is 11.7 Å². The van der Waals surface area contributed by atoms with Gasteiger partial charge in [0.05, 0.1) is 17.1 Å². The lowest BCUT2D eigenvalue weighted by Crippen LogP contribution is -2.34. The van der Waals surface area contributed by atoms with Crippen LogP contribution in [0.4, 0.5) is 5.00 Å². The van der Waals surface area contributed by atoms with Crippen LogP contribution in [0.3, 0.4) is 0 Å². The highest BCUT2D eigenvalue weighted by Crippen LogP contribution is 2.19. The van der Waals surface area contributed by atoms with Gasteiger partial charge in [-0.2, -0.15) is 0 Å². The van der Waals surface area contributed by atoms with Gasteiger partial charge in [-0.25, -0.2) is 4.98 Å². The first-order chi connectivity index (χ1) is 6.52. The van der Waals surface area contributed by atoms with Crippen LogP contribution < -0.4 is 11.1 Å². The van der Waals surface area contributed by atoms with Crippen molar-refractivity contribution in [2.45, 2.75) is 26.8 Å². The molecule has 0 radical (unpaired) electrons. The second-order valence-electron chi connectivity index (χ2n) is 3.40. The Bertz CT molecular complexity index is 322. The van der Waals surface area contributed by atoms with Crippen molar-refractivity contribution >= 4 is 22.2 Å². The lowest BCUT2D eigenvalue weighted by atomic mass is 10.0. The average molecular weight is 213 g/mol. The maximum absolute atomic E-state index is 11.6. The van der Waals surface area contributed by atoms with Gasteiger partial charge in [-0.3, -0.25) is 4.79 Å². The van der Waals surface area contributed by atoms with E-state index in [0.717, 1.165) is 10.7 Å². The van der Waals surface area contributed by atoms with E-state index in [9.17, 15) is 4.79 Å². The van der Waals surface area contributed by atoms with Crippen LogP contribution >= 0.6 is 11.3 Å². The summed E-state index contributed by atoms with van der Waals surface area (Å²) >= 11 is 1.42. The molecule has 0 fully saturated rings. The predicted molar refractivity (Wildman–Crippen MR) is 58.3 cm³/mol. The molecule has 2 unspecified atom stereocenters. The lowest BCUT2D eigenvalue weighted by molar-refractivity contribution is -0.119. The van der Waals surface area contributed by atoms with Crippen LogP contribution in [-0.2, 0) is 4.79 Å². The molecular formula is C9H15N3OS. The number of rotatable bonds is 3. The smallest absolute Gasteiger partial charge is 0.229 e. The quantitative estimate of drug-likeness (QED) is 0.797. The molecule has 0 aliphatic heterocycles. The van der Waals surface area contributed by atoms with Gasteiger partial charge in [0.15, 0.2) is 0 Å². The Morgan fingerprint density at radius 2 is 2.29 bits per heavy atom. The molecule has 0 aromatic carbocycles. The van der Waals surface area contributed by atoms with Gasteiger partial charge in [0.1, 0.15) is 5.00 Å². The molecule has 1 heterocycles. The second kappa shape index (κ2) is 4.52. The number of carbonyl (C=O) groups excluding carboxylic acids is 1. The summed E-state index contributed by atoms with van der Waals surface area (Å²) in [6.45, 7) is 5.50. The van der Waals surface area contributed by atoms with Crippen LogP contribution in [0.25, 0.3) is 0 Å². The minimum Gasteiger partial charge on any atom is -0.327 e. The van der Waals surface area contributed by atoms with Crippen LogP contribution in [0, 0.1) is 12.8 Å². The number of nitrogens with two attached hydrogens (primary N) is 1. The summed E-state index contributed by atoms with van der Waals surface area (Å²) in [5.74, 6) is -0.233. The summed E-state index contributed by atoms with van der Waals surface area (Å²) < 4.78 is 0. The lowest BCUT2D eigenvalue weighted by Gasteiger charge is -2.14. The molecule has 0 saturated heterocycles. The highest BCUT2D eigenvalue weighted by molar-refractivity contribution is 7.14. The highest BCUT2D eigenvalue weighted by atomic mass is 32.1. The molecule has 2 atom stereocenters. The molecule has 0 aliphatic carbocycles. The minimum atomic E-state index is -0.184. The van der Waals surface area contributed by atoms with Crippen molar-refractivity contribution in [1.29, 1.82) is 0 Å². The summed E-state index contributed by atoms with van der Waals surface area (Å²) in [6.07, 6.45) is 0. The van der Waals surface area contributed by atoms with Crippen molar-refractivity contribution < 1.29 is 4.79 Å². The molecule has 0 bridgehead atoms. The van der Waals surface area contributed by atoms with E-state index in [0.29, 0.717) is 0 Å². The maximum Gasteiger partial charge on any atom is 0.229 e. The molecule has 78 valence electrons. The second-order valence-corrected chi connectivity index (χ2v) is 4.26. The normalized spacial score (nSPS) is 14.9. The highest BCUT2D eigenvalue weighted by Gasteiger charge is 2.18. The number of nitrogens with zero attached hydrogens (tertiary/aromatic N) is 1. The van der Waals surface area contributed by atoms with Gasteiger partial charge in [0.25, 0.3) is 0 Å². The zero-order valence-electron chi connectivity index (χ0n) is 8.57. The Morgan fingerprint density at radius 1 is 1.64 bits per heavy atom. The fraction of sp³-hybridized carbons (Fsp3) is 0.556. The van der Waals surface area contributed by atoms with E-state index in [1.54, 1.807) is 5.51 Å². The number of hydrogen-bond acceptors (Lipinski definition) is 4. The van der Waals surface area contributed by atoms with Crippen LogP contribution in [0.15, 0.2) is 5.51 Å². The monoisotopic (exact) mass is 213 g/mol. The molecule has 5 heteroatoms. The third kappa shape index (κ3) is 2.52. The number of amides is 1. The standard InChI is InChI=1S/C9H15N3OS/c1-5(6(2)10)8(13)12-9-7(3)11-4-14-9/h4-6H,10H2,1-3H3,(H,12,13). The molecule has 14 heavy (non-hydrogen) atoms. The molecule has 1 rings (SSSR count). The number of anilines is 1. The van der Waals surface area contributed by atoms with Crippen LogP contribution in [0.2, 0.25) is 0 Å². The van der Waals surface area contributed by atoms with E-state index < -0.39 is 0 Å². The topological polar surface area (TPSA) is 68.0 Å². The maximum atomic E-state index is 11.6. The van der Waals surface area contributed by atoms with E-state index in [1.807, 2.05) is 20.8 Å². The Morgan fingerprint density at radius 3 is 2.71 bits per heavy atom. The molecule has 4 nitrogen and oxygen atoms in total. The summed E-state index contributed by atoms with van der Waals surface area (Å²) in [6, 6.07) is -0.136. The van der Waals surface area contributed by atoms with Crippen LogP contribution in [-0.4, -0.2) is 16.9 Å². The number of thiazole rings is 1. The SMILES string of the molecule is Cc1ncsc1NC(=O)C(C)C(C)N. The van der Waals surface area contributed by atoms with Gasteiger partial charge in [-0.1, -0.05) is 6.92 Å². The zero-order valence-corrected chi connectivity index (χ0v) is 9.39. The molecule has 0 saturated carbocycles. The Kier molecular flexibility index (Phi) is 3.60. The largest absolute Gasteiger partial charge is 0.327 e. The third-order valence-electron chi connectivity index (χ3n) is 2.18. The number of carbonyl (C=O) groups is 1. The first kappa shape index (κ1) is 11.1. The molecule has 3 N–H and O–H groups in total. The van der Waals surface area contributed by atoms with Crippen molar-refractivity contribution in [1.82, 2.24) is 4.98 Å². The molecule has 1 aromatic heterocycles. The van der Waals surface area contributed by atoms with E-state index in [1.165, 1.54) is 11.3 Å². The number of hydrogen-bond donors (Lipinski definition) is 2. The molecule has 0 spiro atoms. The van der Waals surface area contributed by atoms with Gasteiger partial charge in [0.2, 0.25) is 5.91 Å². The zero-order chi connectivity index (χ0) is 10.7.